The first-order valence-corrected chi connectivity index (χ1v) is 5.50. The second kappa shape index (κ2) is 4.22. The number of hydrogen-bond acceptors (Lipinski definition) is 4. The van der Waals surface area contributed by atoms with Gasteiger partial charge < -0.3 is 20.4 Å². The van der Waals surface area contributed by atoms with Crippen LogP contribution < -0.4 is 0 Å². The molecule has 0 spiro atoms. The van der Waals surface area contributed by atoms with Gasteiger partial charge >= 0.3 is 23.9 Å². The third-order valence-corrected chi connectivity index (χ3v) is 4.17. The lowest BCUT2D eigenvalue weighted by atomic mass is 9.38. The molecule has 0 saturated heterocycles. The average molecular weight is 274 g/mol. The van der Waals surface area contributed by atoms with E-state index >= 15 is 0 Å². The minimum atomic E-state index is -2.15. The third-order valence-electron chi connectivity index (χ3n) is 4.17. The molecule has 0 aromatic heterocycles. The van der Waals surface area contributed by atoms with E-state index < -0.39 is 46.5 Å². The highest BCUT2D eigenvalue weighted by molar-refractivity contribution is 6.00. The molecule has 0 radical (unpaired) electrons. The van der Waals surface area contributed by atoms with Crippen LogP contribution in [0.4, 0.5) is 0 Å². The zero-order valence-electron chi connectivity index (χ0n) is 10.3. The van der Waals surface area contributed by atoms with Crippen LogP contribution in [0.25, 0.3) is 0 Å². The van der Waals surface area contributed by atoms with E-state index in [9.17, 15) is 24.3 Å². The van der Waals surface area contributed by atoms with Gasteiger partial charge in [0.1, 0.15) is 0 Å². The molecule has 0 amide bonds. The van der Waals surface area contributed by atoms with Gasteiger partial charge in [-0.15, -0.1) is 0 Å². The van der Waals surface area contributed by atoms with Crippen molar-refractivity contribution in [1.29, 1.82) is 0 Å². The summed E-state index contributed by atoms with van der Waals surface area (Å²) < 4.78 is 0. The number of hydrogen-bond donors (Lipinski definition) is 4. The summed E-state index contributed by atoms with van der Waals surface area (Å²) in [6.45, 7) is 2.30. The van der Waals surface area contributed by atoms with Gasteiger partial charge in [-0.3, -0.25) is 19.2 Å². The lowest BCUT2D eigenvalue weighted by Gasteiger charge is -2.58. The maximum Gasteiger partial charge on any atom is 0.311 e. The Hall–Kier alpha value is -2.12. The molecule has 8 nitrogen and oxygen atoms in total. The van der Waals surface area contributed by atoms with Crippen LogP contribution in [0.5, 0.6) is 0 Å². The van der Waals surface area contributed by atoms with Crippen LogP contribution in [-0.2, 0) is 19.2 Å². The molecule has 0 aromatic carbocycles. The van der Waals surface area contributed by atoms with Gasteiger partial charge in [-0.05, 0) is 13.3 Å². The molecule has 0 aromatic rings. The standard InChI is InChI=1S/C11H14O8/c1-3-11(9(18)19)4(6(12)13)10(2,8(16)17)5(11)7(14)15/h4-5H,3H2,1-2H3,(H,12,13)(H,14,15)(H,16,17)(H,18,19). The van der Waals surface area contributed by atoms with E-state index in [1.165, 1.54) is 6.92 Å². The van der Waals surface area contributed by atoms with E-state index in [0.717, 1.165) is 6.92 Å². The largest absolute Gasteiger partial charge is 0.481 e. The van der Waals surface area contributed by atoms with Crippen molar-refractivity contribution in [2.45, 2.75) is 20.3 Å². The van der Waals surface area contributed by atoms with Gasteiger partial charge in [-0.1, -0.05) is 6.92 Å². The average Bonchev–Trinajstić information content (AvgIpc) is 2.22. The Morgan fingerprint density at radius 3 is 1.42 bits per heavy atom. The summed E-state index contributed by atoms with van der Waals surface area (Å²) in [5.74, 6) is -10.0. The fourth-order valence-corrected chi connectivity index (χ4v) is 3.31. The van der Waals surface area contributed by atoms with Gasteiger partial charge in [0.2, 0.25) is 0 Å². The minimum Gasteiger partial charge on any atom is -0.481 e. The van der Waals surface area contributed by atoms with Crippen molar-refractivity contribution in [3.05, 3.63) is 0 Å². The summed E-state index contributed by atoms with van der Waals surface area (Å²) >= 11 is 0. The molecule has 19 heavy (non-hydrogen) atoms. The van der Waals surface area contributed by atoms with E-state index in [4.69, 9.17) is 15.3 Å². The number of carbonyl (C=O) groups is 4. The highest BCUT2D eigenvalue weighted by Crippen LogP contribution is 2.65. The highest BCUT2D eigenvalue weighted by atomic mass is 16.4. The Labute approximate surface area is 107 Å². The van der Waals surface area contributed by atoms with Gasteiger partial charge in [0.25, 0.3) is 0 Å². The number of carboxylic acids is 4. The van der Waals surface area contributed by atoms with Gasteiger partial charge in [-0.25, -0.2) is 0 Å². The summed E-state index contributed by atoms with van der Waals surface area (Å²) in [5.41, 5.74) is -4.25. The molecular formula is C11H14O8. The van der Waals surface area contributed by atoms with E-state index in [1.54, 1.807) is 0 Å². The van der Waals surface area contributed by atoms with Crippen molar-refractivity contribution in [3.63, 3.8) is 0 Å². The zero-order chi connectivity index (χ0) is 15.2. The summed E-state index contributed by atoms with van der Waals surface area (Å²) in [5, 5.41) is 36.6. The van der Waals surface area contributed by atoms with E-state index in [1.807, 2.05) is 0 Å². The first-order chi connectivity index (χ1) is 8.58. The van der Waals surface area contributed by atoms with Gasteiger partial charge in [0.15, 0.2) is 0 Å². The van der Waals surface area contributed by atoms with Crippen LogP contribution in [0.1, 0.15) is 20.3 Å². The van der Waals surface area contributed by atoms with Crippen molar-refractivity contribution in [1.82, 2.24) is 0 Å². The van der Waals surface area contributed by atoms with Crippen LogP contribution in [0.15, 0.2) is 0 Å². The molecule has 2 atom stereocenters. The van der Waals surface area contributed by atoms with Crippen LogP contribution in [0.2, 0.25) is 0 Å². The lowest BCUT2D eigenvalue weighted by Crippen LogP contribution is -2.73. The second-order valence-electron chi connectivity index (χ2n) is 4.83. The summed E-state index contributed by atoms with van der Waals surface area (Å²) in [4.78, 5) is 45.1. The quantitative estimate of drug-likeness (QED) is 0.546. The van der Waals surface area contributed by atoms with Gasteiger partial charge in [0.05, 0.1) is 22.7 Å². The molecule has 0 aliphatic heterocycles. The summed E-state index contributed by atoms with van der Waals surface area (Å²) in [6.07, 6.45) is -0.279. The highest BCUT2D eigenvalue weighted by Gasteiger charge is 2.80. The Morgan fingerprint density at radius 1 is 0.895 bits per heavy atom. The molecule has 106 valence electrons. The topological polar surface area (TPSA) is 149 Å². The second-order valence-corrected chi connectivity index (χ2v) is 4.83. The predicted molar refractivity (Wildman–Crippen MR) is 58.4 cm³/mol. The molecule has 1 rings (SSSR count). The monoisotopic (exact) mass is 274 g/mol. The molecular weight excluding hydrogens is 260 g/mol. The molecule has 2 unspecified atom stereocenters. The fourth-order valence-electron chi connectivity index (χ4n) is 3.31. The van der Waals surface area contributed by atoms with Gasteiger partial charge in [0, 0.05) is 0 Å². The SMILES string of the molecule is CCC1(C(=O)O)C(C(=O)O)C(C)(C(=O)O)C1C(=O)O. The smallest absolute Gasteiger partial charge is 0.311 e. The van der Waals surface area contributed by atoms with Gasteiger partial charge in [-0.2, -0.15) is 0 Å². The van der Waals surface area contributed by atoms with Crippen molar-refractivity contribution in [3.8, 4) is 0 Å². The molecule has 1 aliphatic rings. The Bertz CT molecular complexity index is 443. The summed E-state index contributed by atoms with van der Waals surface area (Å²) in [7, 11) is 0. The molecule has 1 saturated carbocycles. The van der Waals surface area contributed by atoms with Crippen molar-refractivity contribution in [2.24, 2.45) is 22.7 Å². The van der Waals surface area contributed by atoms with Crippen LogP contribution in [-0.4, -0.2) is 44.3 Å². The fraction of sp³-hybridized carbons (Fsp3) is 0.636. The number of aliphatic carboxylic acids is 4. The zero-order valence-corrected chi connectivity index (χ0v) is 10.3. The van der Waals surface area contributed by atoms with Crippen LogP contribution in [0.3, 0.4) is 0 Å². The summed E-state index contributed by atoms with van der Waals surface area (Å²) in [6, 6.07) is 0. The number of carboxylic acid groups (broad SMARTS) is 4. The molecule has 4 N–H and O–H groups in total. The number of rotatable bonds is 5. The molecule has 8 heteroatoms. The molecule has 0 bridgehead atoms. The molecule has 1 fully saturated rings. The first-order valence-electron chi connectivity index (χ1n) is 5.50. The van der Waals surface area contributed by atoms with Crippen LogP contribution >= 0.6 is 0 Å². The van der Waals surface area contributed by atoms with Crippen molar-refractivity contribution < 1.29 is 39.6 Å². The van der Waals surface area contributed by atoms with Crippen molar-refractivity contribution in [2.75, 3.05) is 0 Å². The Morgan fingerprint density at radius 2 is 1.26 bits per heavy atom. The predicted octanol–water partition coefficient (Wildman–Crippen LogP) is -0.0265. The lowest BCUT2D eigenvalue weighted by molar-refractivity contribution is -0.234. The van der Waals surface area contributed by atoms with E-state index in [0.29, 0.717) is 0 Å². The van der Waals surface area contributed by atoms with E-state index in [-0.39, 0.29) is 6.42 Å². The van der Waals surface area contributed by atoms with Crippen LogP contribution in [0, 0.1) is 22.7 Å². The third kappa shape index (κ3) is 1.52. The molecule has 1 aliphatic carbocycles. The molecule has 0 heterocycles. The van der Waals surface area contributed by atoms with E-state index in [2.05, 4.69) is 0 Å². The first kappa shape index (κ1) is 14.9. The Balaban J connectivity index is 3.55. The normalized spacial score (nSPS) is 37.2. The maximum atomic E-state index is 11.4. The minimum absolute atomic E-state index is 0.279. The van der Waals surface area contributed by atoms with Crippen molar-refractivity contribution >= 4 is 23.9 Å². The Kier molecular flexibility index (Phi) is 3.31. The maximum absolute atomic E-state index is 11.4.